The first kappa shape index (κ1) is 61.1. The molecule has 16 nitrogen and oxygen atoms in total. The van der Waals surface area contributed by atoms with Gasteiger partial charge in [0.05, 0.1) is 29.9 Å². The van der Waals surface area contributed by atoms with Crippen LogP contribution < -0.4 is 10.4 Å². The lowest BCUT2D eigenvalue weighted by Gasteiger charge is -2.42. The van der Waals surface area contributed by atoms with Crippen LogP contribution in [0.25, 0.3) is 0 Å². The van der Waals surface area contributed by atoms with Gasteiger partial charge >= 0.3 is 5.97 Å². The summed E-state index contributed by atoms with van der Waals surface area (Å²) in [5, 5.41) is 34.5. The third-order valence-electron chi connectivity index (χ3n) is 16.4. The third-order valence-corrected chi connectivity index (χ3v) is 17.6. The monoisotopic (exact) mass is 1080 g/mol. The van der Waals surface area contributed by atoms with Gasteiger partial charge in [-0.25, -0.2) is 4.39 Å². The Hall–Kier alpha value is -4.11. The second-order valence-corrected chi connectivity index (χ2v) is 23.5. The van der Waals surface area contributed by atoms with Gasteiger partial charge in [-0.05, 0) is 119 Å². The number of fused-ring (bicyclic) bond motifs is 5. The maximum Gasteiger partial charge on any atom is 0.311 e. The second kappa shape index (κ2) is 27.7. The van der Waals surface area contributed by atoms with Gasteiger partial charge in [0.2, 0.25) is 5.79 Å². The number of ether oxygens (including phenoxy) is 4. The molecular weight excluding hydrogens is 998 g/mol. The Balaban J connectivity index is 1.23. The smallest absolute Gasteiger partial charge is 0.311 e. The maximum atomic E-state index is 14.4. The number of piperidine rings is 1. The predicted molar refractivity (Wildman–Crippen MR) is 287 cm³/mol. The number of benzene rings is 1. The van der Waals surface area contributed by atoms with E-state index in [9.17, 15) is 43.7 Å². The van der Waals surface area contributed by atoms with Crippen molar-refractivity contribution in [3.05, 3.63) is 71.6 Å². The molecule has 3 fully saturated rings. The van der Waals surface area contributed by atoms with Gasteiger partial charge < -0.3 is 44.1 Å². The summed E-state index contributed by atoms with van der Waals surface area (Å²) in [6, 6.07) is 4.59. The predicted octanol–water partition coefficient (Wildman–Crippen LogP) is 7.58. The minimum absolute atomic E-state index is 0.000484. The molecule has 1 aromatic carbocycles. The molecule has 422 valence electrons. The number of rotatable bonds is 8. The van der Waals surface area contributed by atoms with Crippen LogP contribution in [0.5, 0.6) is 0 Å². The lowest BCUT2D eigenvalue weighted by Crippen LogP contribution is -2.59. The largest absolute Gasteiger partial charge is 0.461 e. The van der Waals surface area contributed by atoms with Crippen molar-refractivity contribution in [3.63, 3.8) is 0 Å². The second-order valence-electron chi connectivity index (χ2n) is 22.4. The number of hydroxylamine groups is 1. The van der Waals surface area contributed by atoms with Crippen LogP contribution in [0.3, 0.4) is 0 Å². The highest BCUT2D eigenvalue weighted by molar-refractivity contribution is 8.00. The number of thioether (sulfide) groups is 1. The van der Waals surface area contributed by atoms with E-state index in [4.69, 9.17) is 23.8 Å². The van der Waals surface area contributed by atoms with E-state index in [0.717, 1.165) is 16.2 Å². The molecule has 6 rings (SSSR count). The van der Waals surface area contributed by atoms with Crippen LogP contribution in [0, 0.1) is 47.2 Å². The van der Waals surface area contributed by atoms with Crippen molar-refractivity contribution < 1.29 is 67.5 Å². The molecule has 1 unspecified atom stereocenters. The summed E-state index contributed by atoms with van der Waals surface area (Å²) in [6.07, 6.45) is 9.72. The zero-order valence-electron chi connectivity index (χ0n) is 46.2. The number of halogens is 1. The molecule has 76 heavy (non-hydrogen) atoms. The van der Waals surface area contributed by atoms with E-state index < -0.39 is 89.8 Å². The van der Waals surface area contributed by atoms with Crippen molar-refractivity contribution in [2.45, 2.75) is 178 Å². The van der Waals surface area contributed by atoms with Crippen molar-refractivity contribution in [1.82, 2.24) is 10.4 Å². The van der Waals surface area contributed by atoms with E-state index in [-0.39, 0.29) is 60.1 Å². The Morgan fingerprint density at radius 1 is 0.934 bits per heavy atom. The molecule has 0 spiro atoms. The average Bonchev–Trinajstić information content (AvgIpc) is 3.70. The Kier molecular flexibility index (Phi) is 22.2. The van der Waals surface area contributed by atoms with Crippen LogP contribution in [0.1, 0.15) is 119 Å². The maximum absolute atomic E-state index is 14.4. The molecule has 2 saturated heterocycles. The Morgan fingerprint density at radius 3 is 2.41 bits per heavy atom. The van der Waals surface area contributed by atoms with Crippen molar-refractivity contribution >= 4 is 46.7 Å². The van der Waals surface area contributed by atoms with Gasteiger partial charge in [-0.15, -0.1) is 0 Å². The van der Waals surface area contributed by atoms with E-state index in [1.54, 1.807) is 40.0 Å². The van der Waals surface area contributed by atoms with Crippen LogP contribution in [0.2, 0.25) is 0 Å². The number of anilines is 1. The van der Waals surface area contributed by atoms with Gasteiger partial charge in [-0.1, -0.05) is 82.8 Å². The Labute approximate surface area is 453 Å². The number of carbonyl (C=O) groups excluding carboxylic acids is 5. The molecular formula is C58H84FN3O13S. The number of methoxy groups -OCH3 is 2. The number of hydrogen-bond acceptors (Lipinski definition) is 16. The summed E-state index contributed by atoms with van der Waals surface area (Å²) in [5.41, 5.74) is 4.81. The number of nitrogens with zero attached hydrogens (tertiary/aromatic N) is 2. The summed E-state index contributed by atoms with van der Waals surface area (Å²) in [5.74, 6) is -9.09. The van der Waals surface area contributed by atoms with Crippen molar-refractivity contribution in [3.8, 4) is 0 Å². The number of cyclic esters (lactones) is 1. The molecule has 4 N–H and O–H groups in total. The van der Waals surface area contributed by atoms with Crippen LogP contribution in [0.4, 0.5) is 10.1 Å². The minimum atomic E-state index is -2.40. The summed E-state index contributed by atoms with van der Waals surface area (Å²) in [6.45, 7) is 12.7. The molecule has 16 atom stereocenters. The van der Waals surface area contributed by atoms with Crippen LogP contribution in [-0.4, -0.2) is 138 Å². The van der Waals surface area contributed by atoms with Gasteiger partial charge in [0, 0.05) is 69.8 Å². The molecule has 4 bridgehead atoms. The van der Waals surface area contributed by atoms with Crippen molar-refractivity contribution in [2.24, 2.45) is 41.4 Å². The van der Waals surface area contributed by atoms with Gasteiger partial charge in [-0.3, -0.25) is 28.8 Å². The van der Waals surface area contributed by atoms with Gasteiger partial charge in [-0.2, -0.15) is 5.48 Å². The molecule has 1 aromatic rings. The molecule has 5 aliphatic rings. The first-order chi connectivity index (χ1) is 36.0. The fourth-order valence-corrected chi connectivity index (χ4v) is 12.5. The van der Waals surface area contributed by atoms with E-state index >= 15 is 0 Å². The number of ketones is 3. The Bertz CT molecular complexity index is 2330. The lowest BCUT2D eigenvalue weighted by atomic mass is 9.78. The fraction of sp³-hybridized carbons (Fsp3) is 0.672. The van der Waals surface area contributed by atoms with E-state index in [1.165, 1.54) is 35.9 Å². The number of carbonyl (C=O) groups is 5. The molecule has 4 heterocycles. The van der Waals surface area contributed by atoms with Gasteiger partial charge in [0.15, 0.2) is 11.3 Å². The summed E-state index contributed by atoms with van der Waals surface area (Å²) in [4.78, 5) is 80.8. The normalized spacial score (nSPS) is 38.0. The summed E-state index contributed by atoms with van der Waals surface area (Å²) >= 11 is 1.40. The molecule has 1 aliphatic carbocycles. The molecule has 4 aliphatic heterocycles. The zero-order chi connectivity index (χ0) is 55.6. The van der Waals surface area contributed by atoms with E-state index in [0.29, 0.717) is 69.8 Å². The number of esters is 1. The number of aliphatic hydroxyl groups is 3. The fourth-order valence-electron chi connectivity index (χ4n) is 11.4. The van der Waals surface area contributed by atoms with E-state index in [2.05, 4.69) is 5.48 Å². The lowest BCUT2D eigenvalue weighted by molar-refractivity contribution is -0.265. The molecule has 0 aromatic heterocycles. The highest BCUT2D eigenvalue weighted by Gasteiger charge is 2.52. The summed E-state index contributed by atoms with van der Waals surface area (Å²) in [7, 11) is 4.82. The first-order valence-electron chi connectivity index (χ1n) is 27.3. The summed E-state index contributed by atoms with van der Waals surface area (Å²) < 4.78 is 37.9. The van der Waals surface area contributed by atoms with Gasteiger partial charge in [0.25, 0.3) is 11.7 Å². The number of aliphatic hydroxyl groups excluding tert-OH is 2. The van der Waals surface area contributed by atoms with Crippen LogP contribution in [0.15, 0.2) is 70.7 Å². The SMILES string of the molecule is CO[C@H]1C[C@@H]2CC[C@@H](C)[C@@](O)(O2)C(=O)C(=O)N2CCC[C@H](C2)C(=O)O[C@H]([C@H](C)C[C@@H]2CC[C@@H](O)[C@H](ONC3Sc4cc(F)ccc4N3C)C2)CC(=O)[C@H](C)/C=C(\C)[C@@H](O)[C@@H](OC)C(=O)[C@H](C)C[C@H](C)/C=C/C=C/C=C/1C. The highest BCUT2D eigenvalue weighted by atomic mass is 32.2. The van der Waals surface area contributed by atoms with Crippen LogP contribution >= 0.6 is 11.8 Å². The first-order valence-corrected chi connectivity index (χ1v) is 28.2. The standard InChI is InChI=1S/C58H84FN3O13S/c1-33-15-12-11-13-16-34(2)47(71-9)30-43-21-18-39(7)58(70,74-43)54(67)55(68)62-24-14-17-41(32-62)56(69)73-48(31-46(64)35(3)26-38(6)52(66)53(72-10)51(65)37(5)25-33)36(4)27-40-19-23-45(63)49(28-40)75-60-57-61(8)44-22-20-42(59)29-50(44)76-57/h11-13,15-16,20,22,26,29,33,35-37,39-41,43,45,47-49,52-53,57,60,63,66,70H,14,17-19,21,23-25,27-28,30-32H2,1-10H3/b13-11+,15-12+,34-16+,38-26+/t33-,35-,36-,37-,39-,40+,41-,43+,45-,47+,48+,49-,52-,53+,57?,58-/m1/s1. The number of allylic oxidation sites excluding steroid dienone is 6. The van der Waals surface area contributed by atoms with Crippen molar-refractivity contribution in [1.29, 1.82) is 0 Å². The average molecular weight is 1080 g/mol. The molecule has 1 amide bonds. The van der Waals surface area contributed by atoms with E-state index in [1.807, 2.05) is 70.0 Å². The van der Waals surface area contributed by atoms with Gasteiger partial charge in [0.1, 0.15) is 36.0 Å². The molecule has 0 radical (unpaired) electrons. The number of Topliss-reactive ketones (excluding diaryl/α,β-unsaturated/α-hetero) is 3. The minimum Gasteiger partial charge on any atom is -0.461 e. The zero-order valence-corrected chi connectivity index (χ0v) is 47.0. The van der Waals surface area contributed by atoms with Crippen molar-refractivity contribution in [2.75, 3.05) is 39.3 Å². The number of amides is 1. The third kappa shape index (κ3) is 15.4. The highest BCUT2D eigenvalue weighted by Crippen LogP contribution is 2.43. The quantitative estimate of drug-likeness (QED) is 0.0856. The number of hydrogen-bond donors (Lipinski definition) is 4. The molecule has 18 heteroatoms. The topological polar surface area (TPSA) is 211 Å². The Morgan fingerprint density at radius 2 is 1.68 bits per heavy atom. The molecule has 1 saturated carbocycles. The van der Waals surface area contributed by atoms with Crippen LogP contribution in [-0.2, 0) is 47.8 Å². The number of nitrogens with one attached hydrogen (secondary N) is 1.